The minimum absolute atomic E-state index is 0.00319. The lowest BCUT2D eigenvalue weighted by atomic mass is 10.0. The molecule has 4 heterocycles. The molecule has 35 heavy (non-hydrogen) atoms. The Kier molecular flexibility index (Phi) is 6.38. The molecule has 2 amide bonds. The van der Waals surface area contributed by atoms with Crippen LogP contribution in [0.4, 0.5) is 11.8 Å². The highest BCUT2D eigenvalue weighted by Gasteiger charge is 2.38. The van der Waals surface area contributed by atoms with Crippen molar-refractivity contribution in [3.8, 4) is 0 Å². The molecule has 0 saturated carbocycles. The van der Waals surface area contributed by atoms with E-state index in [2.05, 4.69) is 54.8 Å². The van der Waals surface area contributed by atoms with Crippen LogP contribution in [0.3, 0.4) is 0 Å². The number of rotatable bonds is 5. The summed E-state index contributed by atoms with van der Waals surface area (Å²) in [6.45, 7) is 12.0. The van der Waals surface area contributed by atoms with Crippen LogP contribution in [0.15, 0.2) is 24.3 Å². The molecule has 8 heteroatoms. The van der Waals surface area contributed by atoms with Crippen LogP contribution in [-0.4, -0.2) is 76.4 Å². The van der Waals surface area contributed by atoms with Crippen LogP contribution in [0.5, 0.6) is 0 Å². The van der Waals surface area contributed by atoms with E-state index in [1.807, 2.05) is 9.80 Å². The molecule has 1 atom stereocenters. The van der Waals surface area contributed by atoms with Gasteiger partial charge in [0.2, 0.25) is 11.9 Å². The number of aryl methyl sites for hydroxylation is 1. The van der Waals surface area contributed by atoms with Crippen molar-refractivity contribution < 1.29 is 9.59 Å². The summed E-state index contributed by atoms with van der Waals surface area (Å²) in [5.41, 5.74) is 4.12. The van der Waals surface area contributed by atoms with Crippen LogP contribution in [0.25, 0.3) is 0 Å². The summed E-state index contributed by atoms with van der Waals surface area (Å²) < 4.78 is 0. The molecule has 2 fully saturated rings. The average Bonchev–Trinajstić information content (AvgIpc) is 3.44. The zero-order chi connectivity index (χ0) is 24.7. The normalized spacial score (nSPS) is 20.3. The second kappa shape index (κ2) is 9.47. The number of aromatic nitrogens is 2. The molecule has 0 N–H and O–H groups in total. The van der Waals surface area contributed by atoms with Gasteiger partial charge in [-0.1, -0.05) is 29.8 Å². The number of anilines is 2. The molecule has 0 aliphatic carbocycles. The first-order valence-corrected chi connectivity index (χ1v) is 12.9. The second-order valence-corrected chi connectivity index (χ2v) is 10.4. The third kappa shape index (κ3) is 4.58. The lowest BCUT2D eigenvalue weighted by molar-refractivity contribution is -0.129. The Bertz CT molecular complexity index is 1110. The fourth-order valence-corrected chi connectivity index (χ4v) is 5.50. The summed E-state index contributed by atoms with van der Waals surface area (Å²) >= 11 is 0. The fourth-order valence-electron chi connectivity index (χ4n) is 5.50. The van der Waals surface area contributed by atoms with Gasteiger partial charge in [0.25, 0.3) is 5.91 Å². The highest BCUT2D eigenvalue weighted by atomic mass is 16.2. The molecule has 8 nitrogen and oxygen atoms in total. The predicted molar refractivity (Wildman–Crippen MR) is 137 cm³/mol. The highest BCUT2D eigenvalue weighted by molar-refractivity contribution is 5.98. The van der Waals surface area contributed by atoms with E-state index in [9.17, 15) is 9.59 Å². The Morgan fingerprint density at radius 1 is 1.06 bits per heavy atom. The quantitative estimate of drug-likeness (QED) is 0.661. The first-order chi connectivity index (χ1) is 16.8. The first-order valence-electron chi connectivity index (χ1n) is 12.9. The molecule has 1 aromatic carbocycles. The minimum Gasteiger partial charge on any atom is -0.353 e. The van der Waals surface area contributed by atoms with E-state index in [1.54, 1.807) is 6.92 Å². The number of carbonyl (C=O) groups excluding carboxylic acids is 2. The fraction of sp³-hybridized carbons (Fsp3) is 0.556. The van der Waals surface area contributed by atoms with Crippen molar-refractivity contribution in [1.82, 2.24) is 19.8 Å². The topological polar surface area (TPSA) is 72.9 Å². The number of fused-ring (bicyclic) bond motifs is 1. The van der Waals surface area contributed by atoms with Gasteiger partial charge >= 0.3 is 0 Å². The van der Waals surface area contributed by atoms with Crippen molar-refractivity contribution in [2.75, 3.05) is 42.5 Å². The van der Waals surface area contributed by atoms with Crippen LogP contribution in [0.1, 0.15) is 60.8 Å². The third-order valence-corrected chi connectivity index (χ3v) is 7.64. The Morgan fingerprint density at radius 2 is 1.77 bits per heavy atom. The number of amides is 2. The zero-order valence-corrected chi connectivity index (χ0v) is 21.3. The van der Waals surface area contributed by atoms with E-state index < -0.39 is 0 Å². The van der Waals surface area contributed by atoms with Crippen molar-refractivity contribution in [3.63, 3.8) is 0 Å². The van der Waals surface area contributed by atoms with Crippen LogP contribution < -0.4 is 9.80 Å². The number of hydrogen-bond acceptors (Lipinski definition) is 6. The predicted octanol–water partition coefficient (Wildman–Crippen LogP) is 3.03. The first kappa shape index (κ1) is 23.6. The Labute approximate surface area is 207 Å². The molecule has 186 valence electrons. The molecule has 1 unspecified atom stereocenters. The number of hydrogen-bond donors (Lipinski definition) is 0. The van der Waals surface area contributed by atoms with Gasteiger partial charge in [-0.3, -0.25) is 9.59 Å². The number of nitrogens with zero attached hydrogens (tertiary/aromatic N) is 6. The lowest BCUT2D eigenvalue weighted by Crippen LogP contribution is -2.48. The summed E-state index contributed by atoms with van der Waals surface area (Å²) in [7, 11) is 0. The molecule has 2 saturated heterocycles. The van der Waals surface area contributed by atoms with Gasteiger partial charge < -0.3 is 19.6 Å². The van der Waals surface area contributed by atoms with Gasteiger partial charge in [0, 0.05) is 57.3 Å². The van der Waals surface area contributed by atoms with E-state index in [-0.39, 0.29) is 17.9 Å². The molecule has 3 aliphatic rings. The highest BCUT2D eigenvalue weighted by Crippen LogP contribution is 2.36. The van der Waals surface area contributed by atoms with Gasteiger partial charge in [-0.25, -0.2) is 4.98 Å². The summed E-state index contributed by atoms with van der Waals surface area (Å²) in [5.74, 6) is 1.63. The van der Waals surface area contributed by atoms with Gasteiger partial charge in [0.05, 0.1) is 6.54 Å². The van der Waals surface area contributed by atoms with E-state index >= 15 is 0 Å². The summed E-state index contributed by atoms with van der Waals surface area (Å²) in [6, 6.07) is 9.25. The van der Waals surface area contributed by atoms with Gasteiger partial charge in [-0.15, -0.1) is 0 Å². The van der Waals surface area contributed by atoms with Crippen LogP contribution in [0.2, 0.25) is 0 Å². The molecule has 0 radical (unpaired) electrons. The second-order valence-electron chi connectivity index (χ2n) is 10.4. The van der Waals surface area contributed by atoms with Gasteiger partial charge in [0.1, 0.15) is 11.5 Å². The van der Waals surface area contributed by atoms with Crippen LogP contribution >= 0.6 is 0 Å². The Hall–Kier alpha value is -3.16. The van der Waals surface area contributed by atoms with Crippen molar-refractivity contribution in [3.05, 3.63) is 46.6 Å². The van der Waals surface area contributed by atoms with Gasteiger partial charge in [-0.2, -0.15) is 4.98 Å². The molecular formula is C27H36N6O2. The molecule has 5 rings (SSSR count). The van der Waals surface area contributed by atoms with Crippen LogP contribution in [0, 0.1) is 6.92 Å². The number of piperazine rings is 1. The zero-order valence-electron chi connectivity index (χ0n) is 21.3. The molecule has 0 spiro atoms. The smallest absolute Gasteiger partial charge is 0.273 e. The molecule has 1 aromatic heterocycles. The summed E-state index contributed by atoms with van der Waals surface area (Å²) in [6.07, 6.45) is 3.19. The van der Waals surface area contributed by atoms with E-state index in [1.165, 1.54) is 11.1 Å². The summed E-state index contributed by atoms with van der Waals surface area (Å²) in [4.78, 5) is 43.3. The maximum atomic E-state index is 13.3. The maximum Gasteiger partial charge on any atom is 0.273 e. The molecule has 2 aromatic rings. The Morgan fingerprint density at radius 3 is 2.43 bits per heavy atom. The molecule has 3 aliphatic heterocycles. The van der Waals surface area contributed by atoms with Crippen molar-refractivity contribution >= 4 is 23.6 Å². The summed E-state index contributed by atoms with van der Waals surface area (Å²) in [5, 5.41) is 0. The minimum atomic E-state index is -0.00319. The van der Waals surface area contributed by atoms with E-state index in [0.717, 1.165) is 37.2 Å². The maximum absolute atomic E-state index is 13.3. The third-order valence-electron chi connectivity index (χ3n) is 7.64. The Balaban J connectivity index is 1.48. The van der Waals surface area contributed by atoms with Crippen molar-refractivity contribution in [1.29, 1.82) is 0 Å². The molecule has 0 bridgehead atoms. The van der Waals surface area contributed by atoms with E-state index in [4.69, 9.17) is 9.97 Å². The van der Waals surface area contributed by atoms with Crippen LogP contribution in [-0.2, 0) is 17.8 Å². The monoisotopic (exact) mass is 476 g/mol. The van der Waals surface area contributed by atoms with E-state index in [0.29, 0.717) is 50.4 Å². The SMILES string of the molecule is CC(=O)N1CCN(c2nc3c(c(N4CCCC4Cc4ccc(C)cc4)n2)CN(C(C)C)C3=O)CC1. The number of benzene rings is 1. The lowest BCUT2D eigenvalue weighted by Gasteiger charge is -2.35. The van der Waals surface area contributed by atoms with Crippen molar-refractivity contribution in [2.45, 2.75) is 65.6 Å². The largest absolute Gasteiger partial charge is 0.353 e. The van der Waals surface area contributed by atoms with Crippen molar-refractivity contribution in [2.24, 2.45) is 0 Å². The average molecular weight is 477 g/mol. The number of carbonyl (C=O) groups is 2. The van der Waals surface area contributed by atoms with Gasteiger partial charge in [-0.05, 0) is 45.6 Å². The molecular weight excluding hydrogens is 440 g/mol. The van der Waals surface area contributed by atoms with Gasteiger partial charge in [0.15, 0.2) is 0 Å². The standard InChI is InChI=1S/C27H36N6O2/c1-18(2)33-17-23-24(26(33)35)28-27(31-14-12-30(13-15-31)20(4)34)29-25(23)32-11-5-6-22(32)16-21-9-7-19(3)8-10-21/h7-10,18,22H,5-6,11-17H2,1-4H3.